The number of carbonyl (C=O) groups is 1. The smallest absolute Gasteiger partial charge is 0.409 e. The molecule has 0 bridgehead atoms. The summed E-state index contributed by atoms with van der Waals surface area (Å²) in [7, 11) is 0. The summed E-state index contributed by atoms with van der Waals surface area (Å²) in [6.45, 7) is 6.05. The van der Waals surface area contributed by atoms with Gasteiger partial charge in [-0.25, -0.2) is 4.79 Å². The zero-order valence-electron chi connectivity index (χ0n) is 11.2. The van der Waals surface area contributed by atoms with Crippen LogP contribution in [-0.2, 0) is 4.74 Å². The Morgan fingerprint density at radius 3 is 2.18 bits per heavy atom. The van der Waals surface area contributed by atoms with Crippen LogP contribution in [0.2, 0.25) is 0 Å². The van der Waals surface area contributed by atoms with Crippen molar-refractivity contribution in [3.05, 3.63) is 0 Å². The average Bonchev–Trinajstić information content (AvgIpc) is 2.64. The molecule has 0 spiro atoms. The zero-order chi connectivity index (χ0) is 12.7. The molecule has 1 rings (SSSR count). The molecule has 4 heteroatoms. The molecular weight excluding hydrogens is 216 g/mol. The van der Waals surface area contributed by atoms with E-state index in [1.165, 1.54) is 12.8 Å². The first-order valence-corrected chi connectivity index (χ1v) is 6.82. The third-order valence-electron chi connectivity index (χ3n) is 3.76. The zero-order valence-corrected chi connectivity index (χ0v) is 11.2. The molecular formula is C13H26N2O2. The Kier molecular flexibility index (Phi) is 5.75. The maximum atomic E-state index is 11.9. The van der Waals surface area contributed by atoms with E-state index in [1.807, 2.05) is 18.7 Å². The van der Waals surface area contributed by atoms with Crippen LogP contribution in [0.3, 0.4) is 0 Å². The van der Waals surface area contributed by atoms with Crippen LogP contribution in [0.4, 0.5) is 4.79 Å². The second-order valence-corrected chi connectivity index (χ2v) is 5.03. The Labute approximate surface area is 104 Å². The van der Waals surface area contributed by atoms with E-state index in [9.17, 15) is 4.79 Å². The second kappa shape index (κ2) is 6.84. The fourth-order valence-electron chi connectivity index (χ4n) is 2.00. The van der Waals surface area contributed by atoms with Crippen molar-refractivity contribution in [2.45, 2.75) is 57.9 Å². The lowest BCUT2D eigenvalue weighted by atomic mass is 9.96. The Morgan fingerprint density at radius 2 is 1.71 bits per heavy atom. The van der Waals surface area contributed by atoms with Gasteiger partial charge in [-0.1, -0.05) is 26.7 Å². The Hall–Kier alpha value is -0.770. The van der Waals surface area contributed by atoms with Crippen molar-refractivity contribution in [3.8, 4) is 0 Å². The molecule has 1 heterocycles. The summed E-state index contributed by atoms with van der Waals surface area (Å²) < 4.78 is 5.35. The minimum atomic E-state index is -0.360. The van der Waals surface area contributed by atoms with Crippen LogP contribution in [0.1, 0.15) is 52.4 Å². The first-order chi connectivity index (χ1) is 8.11. The minimum Gasteiger partial charge on any atom is -0.447 e. The van der Waals surface area contributed by atoms with Gasteiger partial charge in [0, 0.05) is 18.6 Å². The van der Waals surface area contributed by atoms with Gasteiger partial charge in [0.25, 0.3) is 0 Å². The molecule has 1 fully saturated rings. The topological polar surface area (TPSA) is 55.6 Å². The molecule has 0 atom stereocenters. The van der Waals surface area contributed by atoms with Gasteiger partial charge in [0.1, 0.15) is 6.61 Å². The number of hydrogen-bond donors (Lipinski definition) is 1. The van der Waals surface area contributed by atoms with E-state index in [4.69, 9.17) is 10.5 Å². The van der Waals surface area contributed by atoms with Gasteiger partial charge in [0.2, 0.25) is 0 Å². The highest BCUT2D eigenvalue weighted by atomic mass is 16.6. The number of carbonyl (C=O) groups excluding carboxylic acids is 1. The quantitative estimate of drug-likeness (QED) is 0.824. The SMILES string of the molecule is CCC(N)(CC)COC(=O)N1CCCCCC1. The highest BCUT2D eigenvalue weighted by Crippen LogP contribution is 2.14. The lowest BCUT2D eigenvalue weighted by Crippen LogP contribution is -2.45. The normalized spacial score (nSPS) is 17.7. The first kappa shape index (κ1) is 14.3. The predicted octanol–water partition coefficient (Wildman–Crippen LogP) is 2.52. The largest absolute Gasteiger partial charge is 0.447 e. The van der Waals surface area contributed by atoms with Crippen molar-refractivity contribution >= 4 is 6.09 Å². The predicted molar refractivity (Wildman–Crippen MR) is 68.9 cm³/mol. The van der Waals surface area contributed by atoms with Crippen LogP contribution in [0.5, 0.6) is 0 Å². The van der Waals surface area contributed by atoms with E-state index >= 15 is 0 Å². The van der Waals surface area contributed by atoms with E-state index in [1.54, 1.807) is 0 Å². The molecule has 0 aliphatic carbocycles. The summed E-state index contributed by atoms with van der Waals surface area (Å²) in [6, 6.07) is 0. The van der Waals surface area contributed by atoms with Crippen LogP contribution in [0, 0.1) is 0 Å². The van der Waals surface area contributed by atoms with E-state index in [2.05, 4.69) is 0 Å². The highest BCUT2D eigenvalue weighted by molar-refractivity contribution is 5.67. The maximum absolute atomic E-state index is 11.9. The van der Waals surface area contributed by atoms with E-state index in [0.717, 1.165) is 38.8 Å². The molecule has 0 aromatic heterocycles. The lowest BCUT2D eigenvalue weighted by molar-refractivity contribution is 0.0788. The fraction of sp³-hybridized carbons (Fsp3) is 0.923. The summed E-state index contributed by atoms with van der Waals surface area (Å²) in [6.07, 6.45) is 6.08. The lowest BCUT2D eigenvalue weighted by Gasteiger charge is -2.28. The second-order valence-electron chi connectivity index (χ2n) is 5.03. The Bertz CT molecular complexity index is 232. The molecule has 0 aromatic carbocycles. The fourth-order valence-corrected chi connectivity index (χ4v) is 2.00. The average molecular weight is 242 g/mol. The van der Waals surface area contributed by atoms with Crippen molar-refractivity contribution in [1.82, 2.24) is 4.90 Å². The number of amides is 1. The van der Waals surface area contributed by atoms with Gasteiger partial charge < -0.3 is 15.4 Å². The third kappa shape index (κ3) is 4.54. The number of rotatable bonds is 4. The molecule has 1 saturated heterocycles. The van der Waals surface area contributed by atoms with Crippen molar-refractivity contribution in [2.24, 2.45) is 5.73 Å². The molecule has 1 amide bonds. The van der Waals surface area contributed by atoms with Crippen LogP contribution in [-0.4, -0.2) is 36.2 Å². The van der Waals surface area contributed by atoms with E-state index < -0.39 is 0 Å². The first-order valence-electron chi connectivity index (χ1n) is 6.82. The summed E-state index contributed by atoms with van der Waals surface area (Å²) >= 11 is 0. The number of nitrogens with two attached hydrogens (primary N) is 1. The summed E-state index contributed by atoms with van der Waals surface area (Å²) in [5.41, 5.74) is 5.75. The van der Waals surface area contributed by atoms with Crippen LogP contribution < -0.4 is 5.73 Å². The van der Waals surface area contributed by atoms with Crippen molar-refractivity contribution < 1.29 is 9.53 Å². The van der Waals surface area contributed by atoms with Crippen molar-refractivity contribution in [3.63, 3.8) is 0 Å². The van der Waals surface area contributed by atoms with Gasteiger partial charge in [0.15, 0.2) is 0 Å². The molecule has 4 nitrogen and oxygen atoms in total. The number of likely N-dealkylation sites (tertiary alicyclic amines) is 1. The summed E-state index contributed by atoms with van der Waals surface area (Å²) in [5.74, 6) is 0. The van der Waals surface area contributed by atoms with Gasteiger partial charge in [-0.2, -0.15) is 0 Å². The molecule has 1 aliphatic rings. The van der Waals surface area contributed by atoms with Crippen LogP contribution in [0.25, 0.3) is 0 Å². The number of hydrogen-bond acceptors (Lipinski definition) is 3. The molecule has 17 heavy (non-hydrogen) atoms. The monoisotopic (exact) mass is 242 g/mol. The molecule has 0 unspecified atom stereocenters. The number of nitrogens with zero attached hydrogens (tertiary/aromatic N) is 1. The van der Waals surface area contributed by atoms with E-state index in [0.29, 0.717) is 6.61 Å². The van der Waals surface area contributed by atoms with Crippen LogP contribution >= 0.6 is 0 Å². The third-order valence-corrected chi connectivity index (χ3v) is 3.76. The minimum absolute atomic E-state index is 0.191. The summed E-state index contributed by atoms with van der Waals surface area (Å²) in [4.78, 5) is 13.7. The molecule has 0 saturated carbocycles. The number of ether oxygens (including phenoxy) is 1. The molecule has 1 aliphatic heterocycles. The highest BCUT2D eigenvalue weighted by Gasteiger charge is 2.24. The van der Waals surface area contributed by atoms with Gasteiger partial charge in [-0.3, -0.25) is 0 Å². The molecule has 100 valence electrons. The van der Waals surface area contributed by atoms with Gasteiger partial charge in [0.05, 0.1) is 0 Å². The Morgan fingerprint density at radius 1 is 1.18 bits per heavy atom. The molecule has 2 N–H and O–H groups in total. The van der Waals surface area contributed by atoms with Gasteiger partial charge in [-0.05, 0) is 25.7 Å². The molecule has 0 radical (unpaired) electrons. The van der Waals surface area contributed by atoms with Crippen molar-refractivity contribution in [2.75, 3.05) is 19.7 Å². The standard InChI is InChI=1S/C13H26N2O2/c1-3-13(14,4-2)11-17-12(16)15-9-7-5-6-8-10-15/h3-11,14H2,1-2H3. The van der Waals surface area contributed by atoms with Gasteiger partial charge >= 0.3 is 6.09 Å². The van der Waals surface area contributed by atoms with Gasteiger partial charge in [-0.15, -0.1) is 0 Å². The van der Waals surface area contributed by atoms with E-state index in [-0.39, 0.29) is 11.6 Å². The molecule has 0 aromatic rings. The maximum Gasteiger partial charge on any atom is 0.409 e. The van der Waals surface area contributed by atoms with Crippen LogP contribution in [0.15, 0.2) is 0 Å². The Balaban J connectivity index is 2.37. The van der Waals surface area contributed by atoms with Crippen molar-refractivity contribution in [1.29, 1.82) is 0 Å². The summed E-state index contributed by atoms with van der Waals surface area (Å²) in [5, 5.41) is 0.